The highest BCUT2D eigenvalue weighted by atomic mass is 79.9. The van der Waals surface area contributed by atoms with E-state index in [-0.39, 0.29) is 11.7 Å². The molecule has 2 aliphatic heterocycles. The predicted molar refractivity (Wildman–Crippen MR) is 86.4 cm³/mol. The van der Waals surface area contributed by atoms with E-state index >= 15 is 0 Å². The van der Waals surface area contributed by atoms with Crippen molar-refractivity contribution in [2.75, 3.05) is 6.54 Å². The Hall–Kier alpha value is -1.76. The van der Waals surface area contributed by atoms with Gasteiger partial charge in [-0.25, -0.2) is 4.99 Å². The molecule has 3 rings (SSSR count). The Bertz CT molecular complexity index is 689. The van der Waals surface area contributed by atoms with Crippen molar-refractivity contribution < 1.29 is 18.3 Å². The van der Waals surface area contributed by atoms with E-state index in [0.717, 1.165) is 31.5 Å². The fourth-order valence-electron chi connectivity index (χ4n) is 2.70. The number of amidine groups is 1. The number of rotatable bonds is 3. The lowest BCUT2D eigenvalue weighted by Gasteiger charge is -2.14. The van der Waals surface area contributed by atoms with Crippen molar-refractivity contribution >= 4 is 33.7 Å². The van der Waals surface area contributed by atoms with E-state index in [1.54, 1.807) is 17.0 Å². The fourth-order valence-corrected chi connectivity index (χ4v) is 3.06. The standard InChI is InChI=1S/C16H15BrF2N2O2/c17-12-6-5-11(23-16(18)19)8-10(12)9-13-15(22)21-7-3-1-2-4-14(21)20-13/h5-6,8-9,16H,1-4,7H2/b13-9+. The molecule has 0 radical (unpaired) electrons. The Balaban J connectivity index is 1.91. The SMILES string of the molecule is O=C1/C(=C\c2cc(OC(F)F)ccc2Br)N=C2CCCCCN12. The van der Waals surface area contributed by atoms with Crippen LogP contribution in [0.3, 0.4) is 0 Å². The van der Waals surface area contributed by atoms with Gasteiger partial charge in [-0.2, -0.15) is 8.78 Å². The molecule has 2 heterocycles. The Morgan fingerprint density at radius 1 is 1.30 bits per heavy atom. The van der Waals surface area contributed by atoms with E-state index < -0.39 is 6.61 Å². The van der Waals surface area contributed by atoms with Crippen LogP contribution in [0.15, 0.2) is 33.4 Å². The van der Waals surface area contributed by atoms with Crippen molar-refractivity contribution in [2.24, 2.45) is 4.99 Å². The number of alkyl halides is 2. The van der Waals surface area contributed by atoms with Gasteiger partial charge >= 0.3 is 6.61 Å². The molecule has 0 aromatic heterocycles. The molecule has 0 unspecified atom stereocenters. The maximum Gasteiger partial charge on any atom is 0.387 e. The number of aliphatic imine (C=N–C) groups is 1. The van der Waals surface area contributed by atoms with E-state index in [1.165, 1.54) is 12.1 Å². The van der Waals surface area contributed by atoms with Gasteiger partial charge in [0.15, 0.2) is 0 Å². The lowest BCUT2D eigenvalue weighted by molar-refractivity contribution is -0.122. The van der Waals surface area contributed by atoms with Crippen molar-refractivity contribution in [3.05, 3.63) is 33.9 Å². The third-order valence-electron chi connectivity index (χ3n) is 3.79. The van der Waals surface area contributed by atoms with Crippen molar-refractivity contribution in [2.45, 2.75) is 32.3 Å². The molecule has 0 bridgehead atoms. The zero-order valence-corrected chi connectivity index (χ0v) is 13.9. The zero-order chi connectivity index (χ0) is 16.4. The number of carbonyl (C=O) groups excluding carboxylic acids is 1. The first-order valence-corrected chi connectivity index (χ1v) is 8.19. The molecule has 7 heteroatoms. The maximum atomic E-state index is 12.4. The van der Waals surface area contributed by atoms with Crippen LogP contribution in [-0.2, 0) is 4.79 Å². The lowest BCUT2D eigenvalue weighted by Crippen LogP contribution is -2.31. The highest BCUT2D eigenvalue weighted by Crippen LogP contribution is 2.29. The molecule has 1 aromatic carbocycles. The summed E-state index contributed by atoms with van der Waals surface area (Å²) in [6, 6.07) is 4.50. The average Bonchev–Trinajstić information content (AvgIpc) is 2.67. The minimum atomic E-state index is -2.89. The lowest BCUT2D eigenvalue weighted by atomic mass is 10.1. The van der Waals surface area contributed by atoms with Crippen molar-refractivity contribution in [3.63, 3.8) is 0 Å². The van der Waals surface area contributed by atoms with Crippen LogP contribution >= 0.6 is 15.9 Å². The van der Waals surface area contributed by atoms with Gasteiger partial charge in [0.2, 0.25) is 0 Å². The van der Waals surface area contributed by atoms with E-state index in [2.05, 4.69) is 25.7 Å². The van der Waals surface area contributed by atoms with Crippen LogP contribution < -0.4 is 4.74 Å². The molecule has 0 N–H and O–H groups in total. The van der Waals surface area contributed by atoms with Crippen LogP contribution in [0.2, 0.25) is 0 Å². The molecule has 122 valence electrons. The number of ether oxygens (including phenoxy) is 1. The quantitative estimate of drug-likeness (QED) is 0.732. The molecule has 0 atom stereocenters. The second-order valence-corrected chi connectivity index (χ2v) is 6.24. The molecule has 23 heavy (non-hydrogen) atoms. The summed E-state index contributed by atoms with van der Waals surface area (Å²) in [6.45, 7) is -2.20. The van der Waals surface area contributed by atoms with Crippen LogP contribution in [-0.4, -0.2) is 29.8 Å². The predicted octanol–water partition coefficient (Wildman–Crippen LogP) is 4.21. The topological polar surface area (TPSA) is 41.9 Å². The summed E-state index contributed by atoms with van der Waals surface area (Å²) in [6.07, 6.45) is 5.49. The van der Waals surface area contributed by atoms with Gasteiger partial charge in [0.1, 0.15) is 17.3 Å². The van der Waals surface area contributed by atoms with Gasteiger partial charge in [-0.15, -0.1) is 0 Å². The number of halogens is 3. The second-order valence-electron chi connectivity index (χ2n) is 5.39. The second kappa shape index (κ2) is 6.78. The number of benzene rings is 1. The van der Waals surface area contributed by atoms with E-state index in [9.17, 15) is 13.6 Å². The van der Waals surface area contributed by atoms with E-state index in [1.807, 2.05) is 0 Å². The summed E-state index contributed by atoms with van der Waals surface area (Å²) < 4.78 is 29.7. The average molecular weight is 385 g/mol. The Morgan fingerprint density at radius 2 is 2.13 bits per heavy atom. The Kier molecular flexibility index (Phi) is 4.75. The molecule has 1 aromatic rings. The highest BCUT2D eigenvalue weighted by Gasteiger charge is 2.30. The molecular formula is C16H15BrF2N2O2. The monoisotopic (exact) mass is 384 g/mol. The van der Waals surface area contributed by atoms with Gasteiger partial charge in [-0.05, 0) is 42.7 Å². The smallest absolute Gasteiger partial charge is 0.387 e. The van der Waals surface area contributed by atoms with E-state index in [4.69, 9.17) is 0 Å². The molecule has 0 aliphatic carbocycles. The first-order valence-electron chi connectivity index (χ1n) is 7.40. The van der Waals surface area contributed by atoms with Gasteiger partial charge in [-0.3, -0.25) is 9.69 Å². The summed E-state index contributed by atoms with van der Waals surface area (Å²) >= 11 is 3.35. The van der Waals surface area contributed by atoms with Gasteiger partial charge in [0.05, 0.1) is 0 Å². The third-order valence-corrected chi connectivity index (χ3v) is 4.51. The first kappa shape index (κ1) is 16.1. The minimum absolute atomic E-state index is 0.0441. The van der Waals surface area contributed by atoms with Crippen molar-refractivity contribution in [3.8, 4) is 5.75 Å². The molecule has 1 saturated heterocycles. The van der Waals surface area contributed by atoms with Crippen molar-refractivity contribution in [1.29, 1.82) is 0 Å². The summed E-state index contributed by atoms with van der Waals surface area (Å²) in [5.74, 6) is 0.714. The number of hydrogen-bond donors (Lipinski definition) is 0. The Labute approximate surface area is 141 Å². The van der Waals surface area contributed by atoms with Gasteiger partial charge in [0.25, 0.3) is 5.91 Å². The van der Waals surface area contributed by atoms with E-state index in [0.29, 0.717) is 22.3 Å². The number of amides is 1. The first-order chi connectivity index (χ1) is 11.0. The molecule has 2 aliphatic rings. The van der Waals surface area contributed by atoms with Crippen molar-refractivity contribution in [1.82, 2.24) is 4.90 Å². The molecule has 0 spiro atoms. The summed E-state index contributed by atoms with van der Waals surface area (Å²) in [5.41, 5.74) is 0.908. The number of hydrogen-bond acceptors (Lipinski definition) is 3. The summed E-state index contributed by atoms with van der Waals surface area (Å²) in [7, 11) is 0. The molecule has 0 saturated carbocycles. The number of nitrogens with zero attached hydrogens (tertiary/aromatic N) is 2. The molecule has 1 amide bonds. The minimum Gasteiger partial charge on any atom is -0.435 e. The van der Waals surface area contributed by atoms with Gasteiger partial charge in [0, 0.05) is 17.4 Å². The van der Waals surface area contributed by atoms with Crippen LogP contribution in [0.1, 0.15) is 31.2 Å². The summed E-state index contributed by atoms with van der Waals surface area (Å²) in [4.78, 5) is 18.6. The maximum absolute atomic E-state index is 12.4. The van der Waals surface area contributed by atoms with Crippen LogP contribution in [0.5, 0.6) is 5.75 Å². The van der Waals surface area contributed by atoms with Gasteiger partial charge in [-0.1, -0.05) is 22.4 Å². The number of carbonyl (C=O) groups is 1. The largest absolute Gasteiger partial charge is 0.435 e. The van der Waals surface area contributed by atoms with Crippen LogP contribution in [0.25, 0.3) is 6.08 Å². The highest BCUT2D eigenvalue weighted by molar-refractivity contribution is 9.10. The Morgan fingerprint density at radius 3 is 2.91 bits per heavy atom. The van der Waals surface area contributed by atoms with Crippen LogP contribution in [0, 0.1) is 0 Å². The summed E-state index contributed by atoms with van der Waals surface area (Å²) in [5, 5.41) is 0. The van der Waals surface area contributed by atoms with Crippen LogP contribution in [0.4, 0.5) is 8.78 Å². The van der Waals surface area contributed by atoms with Gasteiger partial charge < -0.3 is 4.74 Å². The molecule has 4 nitrogen and oxygen atoms in total. The zero-order valence-electron chi connectivity index (χ0n) is 12.3. The fraction of sp³-hybridized carbons (Fsp3) is 0.375. The third kappa shape index (κ3) is 3.60. The normalized spacial score (nSPS) is 19.8. The molecule has 1 fully saturated rings. The number of fused-ring (bicyclic) bond motifs is 1. The molecular weight excluding hydrogens is 370 g/mol.